The van der Waals surface area contributed by atoms with E-state index in [0.29, 0.717) is 5.92 Å². The zero-order valence-electron chi connectivity index (χ0n) is 11.5. The average Bonchev–Trinajstić information content (AvgIpc) is 2.69. The van der Waals surface area contributed by atoms with Crippen molar-refractivity contribution >= 4 is 5.97 Å². The van der Waals surface area contributed by atoms with Crippen LogP contribution in [-0.2, 0) is 9.53 Å². The minimum Gasteiger partial charge on any atom is -0.468 e. The highest BCUT2D eigenvalue weighted by Crippen LogP contribution is 2.30. The molecule has 1 N–H and O–H groups in total. The van der Waals surface area contributed by atoms with Gasteiger partial charge < -0.3 is 10.1 Å². The molecular formula is C14H26N2O2. The van der Waals surface area contributed by atoms with Crippen LogP contribution in [0.15, 0.2) is 0 Å². The van der Waals surface area contributed by atoms with Gasteiger partial charge in [-0.1, -0.05) is 19.3 Å². The number of ether oxygens (including phenoxy) is 1. The van der Waals surface area contributed by atoms with Gasteiger partial charge in [-0.15, -0.1) is 0 Å². The highest BCUT2D eigenvalue weighted by Gasteiger charge is 2.35. The molecule has 1 aliphatic carbocycles. The van der Waals surface area contributed by atoms with E-state index in [9.17, 15) is 4.79 Å². The molecule has 1 atom stereocenters. The average molecular weight is 254 g/mol. The first-order valence-corrected chi connectivity index (χ1v) is 7.35. The third-order valence-corrected chi connectivity index (χ3v) is 4.31. The minimum absolute atomic E-state index is 0.00444. The number of rotatable bonds is 3. The van der Waals surface area contributed by atoms with E-state index in [1.807, 2.05) is 0 Å². The Kier molecular flexibility index (Phi) is 5.45. The maximum atomic E-state index is 12.1. The molecule has 0 amide bonds. The van der Waals surface area contributed by atoms with E-state index < -0.39 is 0 Å². The van der Waals surface area contributed by atoms with Crippen molar-refractivity contribution in [2.45, 2.75) is 44.6 Å². The lowest BCUT2D eigenvalue weighted by Crippen LogP contribution is -2.48. The van der Waals surface area contributed by atoms with Gasteiger partial charge in [0.1, 0.15) is 6.04 Å². The lowest BCUT2D eigenvalue weighted by Gasteiger charge is -2.36. The normalized spacial score (nSPS) is 25.4. The Morgan fingerprint density at radius 1 is 1.17 bits per heavy atom. The molecule has 1 unspecified atom stereocenters. The van der Waals surface area contributed by atoms with E-state index in [4.69, 9.17) is 4.74 Å². The summed E-state index contributed by atoms with van der Waals surface area (Å²) in [6.07, 6.45) is 7.36. The fourth-order valence-electron chi connectivity index (χ4n) is 3.36. The molecule has 2 rings (SSSR count). The Bertz CT molecular complexity index is 257. The van der Waals surface area contributed by atoms with E-state index in [1.165, 1.54) is 39.2 Å². The highest BCUT2D eigenvalue weighted by atomic mass is 16.5. The summed E-state index contributed by atoms with van der Waals surface area (Å²) in [6, 6.07) is -0.00444. The summed E-state index contributed by atoms with van der Waals surface area (Å²) in [5.41, 5.74) is 0. The molecule has 0 aromatic carbocycles. The zero-order chi connectivity index (χ0) is 12.8. The monoisotopic (exact) mass is 254 g/mol. The van der Waals surface area contributed by atoms with Crippen LogP contribution in [0.3, 0.4) is 0 Å². The molecule has 2 fully saturated rings. The Hall–Kier alpha value is -0.610. The van der Waals surface area contributed by atoms with Gasteiger partial charge in [-0.2, -0.15) is 0 Å². The number of carbonyl (C=O) groups is 1. The standard InChI is InChI=1S/C14H26N2O2/c1-18-14(17)13(12-6-3-2-4-7-12)16-10-5-8-15-9-11-16/h12-13,15H,2-11H2,1H3. The predicted octanol–water partition coefficient (Wildman–Crippen LogP) is 1.40. The summed E-state index contributed by atoms with van der Waals surface area (Å²) in [5.74, 6) is 0.480. The van der Waals surface area contributed by atoms with Crippen molar-refractivity contribution in [3.63, 3.8) is 0 Å². The molecule has 0 spiro atoms. The number of esters is 1. The quantitative estimate of drug-likeness (QED) is 0.773. The molecule has 4 heteroatoms. The summed E-state index contributed by atoms with van der Waals surface area (Å²) >= 11 is 0. The van der Waals surface area contributed by atoms with Crippen LogP contribution >= 0.6 is 0 Å². The van der Waals surface area contributed by atoms with E-state index in [0.717, 1.165) is 32.6 Å². The van der Waals surface area contributed by atoms with Gasteiger partial charge in [-0.05, 0) is 31.7 Å². The summed E-state index contributed by atoms with van der Waals surface area (Å²) in [5, 5.41) is 3.40. The second-order valence-corrected chi connectivity index (χ2v) is 5.51. The van der Waals surface area contributed by atoms with Gasteiger partial charge in [0, 0.05) is 19.6 Å². The molecule has 1 aliphatic heterocycles. The van der Waals surface area contributed by atoms with Gasteiger partial charge in [0.25, 0.3) is 0 Å². The van der Waals surface area contributed by atoms with Crippen LogP contribution < -0.4 is 5.32 Å². The molecule has 1 saturated carbocycles. The van der Waals surface area contributed by atoms with Gasteiger partial charge in [-0.3, -0.25) is 9.69 Å². The van der Waals surface area contributed by atoms with Crippen LogP contribution in [0.2, 0.25) is 0 Å². The van der Waals surface area contributed by atoms with Crippen molar-refractivity contribution in [1.29, 1.82) is 0 Å². The number of methoxy groups -OCH3 is 1. The Labute approximate surface area is 110 Å². The summed E-state index contributed by atoms with van der Waals surface area (Å²) < 4.78 is 5.06. The van der Waals surface area contributed by atoms with Gasteiger partial charge >= 0.3 is 5.97 Å². The molecule has 0 bridgehead atoms. The van der Waals surface area contributed by atoms with Crippen molar-refractivity contribution < 1.29 is 9.53 Å². The fraction of sp³-hybridized carbons (Fsp3) is 0.929. The zero-order valence-corrected chi connectivity index (χ0v) is 11.5. The molecule has 2 aliphatic rings. The largest absolute Gasteiger partial charge is 0.468 e. The number of nitrogens with zero attached hydrogens (tertiary/aromatic N) is 1. The maximum absolute atomic E-state index is 12.1. The fourth-order valence-corrected chi connectivity index (χ4v) is 3.36. The van der Waals surface area contributed by atoms with Crippen LogP contribution in [0.1, 0.15) is 38.5 Å². The van der Waals surface area contributed by atoms with Gasteiger partial charge in [-0.25, -0.2) is 0 Å². The molecule has 1 saturated heterocycles. The van der Waals surface area contributed by atoms with Crippen molar-refractivity contribution in [2.24, 2.45) is 5.92 Å². The van der Waals surface area contributed by atoms with Gasteiger partial charge in [0.05, 0.1) is 7.11 Å². The third-order valence-electron chi connectivity index (χ3n) is 4.31. The first-order chi connectivity index (χ1) is 8.83. The minimum atomic E-state index is -0.0243. The van der Waals surface area contributed by atoms with Crippen molar-refractivity contribution in [3.8, 4) is 0 Å². The molecule has 0 radical (unpaired) electrons. The SMILES string of the molecule is COC(=O)C(C1CCCCC1)N1CCCNCC1. The molecule has 18 heavy (non-hydrogen) atoms. The van der Waals surface area contributed by atoms with Gasteiger partial charge in [0.15, 0.2) is 0 Å². The van der Waals surface area contributed by atoms with Crippen molar-refractivity contribution in [1.82, 2.24) is 10.2 Å². The lowest BCUT2D eigenvalue weighted by molar-refractivity contribution is -0.149. The summed E-state index contributed by atoms with van der Waals surface area (Å²) in [6.45, 7) is 4.04. The highest BCUT2D eigenvalue weighted by molar-refractivity contribution is 5.76. The van der Waals surface area contributed by atoms with E-state index in [2.05, 4.69) is 10.2 Å². The molecule has 1 heterocycles. The maximum Gasteiger partial charge on any atom is 0.323 e. The Balaban J connectivity index is 2.04. The van der Waals surface area contributed by atoms with E-state index in [1.54, 1.807) is 0 Å². The Morgan fingerprint density at radius 2 is 1.94 bits per heavy atom. The molecule has 4 nitrogen and oxygen atoms in total. The summed E-state index contributed by atoms with van der Waals surface area (Å²) in [4.78, 5) is 14.5. The molecule has 0 aromatic heterocycles. The van der Waals surface area contributed by atoms with Crippen molar-refractivity contribution in [3.05, 3.63) is 0 Å². The van der Waals surface area contributed by atoms with Crippen LogP contribution in [0, 0.1) is 5.92 Å². The number of carbonyl (C=O) groups excluding carboxylic acids is 1. The molecular weight excluding hydrogens is 228 g/mol. The summed E-state index contributed by atoms with van der Waals surface area (Å²) in [7, 11) is 1.52. The van der Waals surface area contributed by atoms with Crippen molar-refractivity contribution in [2.75, 3.05) is 33.3 Å². The second kappa shape index (κ2) is 7.10. The number of nitrogens with one attached hydrogen (secondary N) is 1. The lowest BCUT2D eigenvalue weighted by atomic mass is 9.83. The van der Waals surface area contributed by atoms with Crippen LogP contribution in [0.25, 0.3) is 0 Å². The predicted molar refractivity (Wildman–Crippen MR) is 71.4 cm³/mol. The number of hydrogen-bond donors (Lipinski definition) is 1. The van der Waals surface area contributed by atoms with Crippen LogP contribution in [-0.4, -0.2) is 50.2 Å². The first-order valence-electron chi connectivity index (χ1n) is 7.35. The van der Waals surface area contributed by atoms with Gasteiger partial charge in [0.2, 0.25) is 0 Å². The van der Waals surface area contributed by atoms with Crippen LogP contribution in [0.5, 0.6) is 0 Å². The van der Waals surface area contributed by atoms with E-state index >= 15 is 0 Å². The Morgan fingerprint density at radius 3 is 2.67 bits per heavy atom. The third kappa shape index (κ3) is 3.45. The molecule has 104 valence electrons. The first kappa shape index (κ1) is 13.8. The van der Waals surface area contributed by atoms with E-state index in [-0.39, 0.29) is 12.0 Å². The second-order valence-electron chi connectivity index (χ2n) is 5.51. The smallest absolute Gasteiger partial charge is 0.323 e. The molecule has 0 aromatic rings. The number of hydrogen-bond acceptors (Lipinski definition) is 4. The topological polar surface area (TPSA) is 41.6 Å². The van der Waals surface area contributed by atoms with Crippen LogP contribution in [0.4, 0.5) is 0 Å².